The largest absolute Gasteiger partial charge is 0.461 e. The van der Waals surface area contributed by atoms with Gasteiger partial charge in [-0.2, -0.15) is 0 Å². The molecule has 0 bridgehead atoms. The Kier molecular flexibility index (Phi) is 7.38. The van der Waals surface area contributed by atoms with Gasteiger partial charge in [0.15, 0.2) is 0 Å². The molecule has 0 aromatic heterocycles. The average molecular weight is 424 g/mol. The van der Waals surface area contributed by atoms with Gasteiger partial charge in [0, 0.05) is 26.4 Å². The molecule has 0 N–H and O–H groups in total. The summed E-state index contributed by atoms with van der Waals surface area (Å²) in [4.78, 5) is 0. The Bertz CT molecular complexity index is 486. The second-order valence-electron chi connectivity index (χ2n) is 11.1. The summed E-state index contributed by atoms with van der Waals surface area (Å²) in [5.74, 6) is 1.000. The van der Waals surface area contributed by atoms with Crippen LogP contribution in [0.2, 0.25) is 11.6 Å². The fourth-order valence-electron chi connectivity index (χ4n) is 4.14. The second-order valence-corrected chi connectivity index (χ2v) is 11.1. The van der Waals surface area contributed by atoms with Gasteiger partial charge >= 0.3 is 14.2 Å². The van der Waals surface area contributed by atoms with Crippen LogP contribution < -0.4 is 0 Å². The molecule has 0 saturated carbocycles. The lowest BCUT2D eigenvalue weighted by Gasteiger charge is -2.32. The summed E-state index contributed by atoms with van der Waals surface area (Å²) in [6.07, 6.45) is 4.21. The molecule has 0 aromatic carbocycles. The van der Waals surface area contributed by atoms with Crippen LogP contribution in [0, 0.1) is 0 Å². The Morgan fingerprint density at radius 2 is 0.700 bits per heavy atom. The van der Waals surface area contributed by atoms with Crippen LogP contribution in [0.3, 0.4) is 0 Å². The molecule has 6 nitrogen and oxygen atoms in total. The molecule has 30 heavy (non-hydrogen) atoms. The molecule has 4 fully saturated rings. The molecule has 172 valence electrons. The summed E-state index contributed by atoms with van der Waals surface area (Å²) in [5, 5.41) is 0. The van der Waals surface area contributed by atoms with Crippen molar-refractivity contribution in [2.24, 2.45) is 0 Å². The van der Waals surface area contributed by atoms with Gasteiger partial charge in [-0.15, -0.1) is 0 Å². The van der Waals surface area contributed by atoms with Crippen molar-refractivity contribution in [2.75, 3.05) is 26.4 Å². The Morgan fingerprint density at radius 1 is 0.467 bits per heavy atom. The van der Waals surface area contributed by atoms with Crippen LogP contribution in [0.4, 0.5) is 0 Å². The monoisotopic (exact) mass is 424 g/mol. The highest BCUT2D eigenvalue weighted by atomic mass is 16.7. The van der Waals surface area contributed by atoms with Gasteiger partial charge < -0.3 is 28.1 Å². The fraction of sp³-hybridized carbons (Fsp3) is 1.00. The fourth-order valence-corrected chi connectivity index (χ4v) is 4.14. The van der Waals surface area contributed by atoms with Gasteiger partial charge in [-0.3, -0.25) is 0 Å². The van der Waals surface area contributed by atoms with Crippen LogP contribution in [0.1, 0.15) is 81.1 Å². The minimum Gasteiger partial charge on any atom is -0.403 e. The maximum atomic E-state index is 6.03. The molecule has 0 radical (unpaired) electrons. The number of ether oxygens (including phenoxy) is 2. The van der Waals surface area contributed by atoms with Gasteiger partial charge in [-0.1, -0.05) is 0 Å². The first-order valence-electron chi connectivity index (χ1n) is 11.7. The van der Waals surface area contributed by atoms with E-state index in [9.17, 15) is 0 Å². The molecule has 4 aliphatic rings. The van der Waals surface area contributed by atoms with E-state index in [4.69, 9.17) is 28.1 Å². The number of hydrogen-bond donors (Lipinski definition) is 0. The van der Waals surface area contributed by atoms with Crippen molar-refractivity contribution in [1.82, 2.24) is 0 Å². The SMILES string of the molecule is CC1(C)OB(C2CCOCC2)OC1(C)C.CC1(C)OB(C2CCOCC2)OC1(C)C. The zero-order valence-electron chi connectivity index (χ0n) is 20.4. The summed E-state index contributed by atoms with van der Waals surface area (Å²) >= 11 is 0. The lowest BCUT2D eigenvalue weighted by Crippen LogP contribution is -2.41. The van der Waals surface area contributed by atoms with Crippen molar-refractivity contribution in [3.8, 4) is 0 Å². The summed E-state index contributed by atoms with van der Waals surface area (Å²) < 4.78 is 34.8. The van der Waals surface area contributed by atoms with E-state index in [1.165, 1.54) is 0 Å². The quantitative estimate of drug-likeness (QED) is 0.608. The molecule has 0 amide bonds. The standard InChI is InChI=1S/2C11H21BO3/c2*1-10(2)11(3,4)15-12(14-10)9-5-7-13-8-6-9/h2*9H,5-8H2,1-4H3. The van der Waals surface area contributed by atoms with Crippen LogP contribution in [0.15, 0.2) is 0 Å². The van der Waals surface area contributed by atoms with E-state index in [2.05, 4.69) is 55.4 Å². The third kappa shape index (κ3) is 5.26. The first-order chi connectivity index (χ1) is 13.8. The highest BCUT2D eigenvalue weighted by Gasteiger charge is 2.54. The van der Waals surface area contributed by atoms with Crippen molar-refractivity contribution in [3.63, 3.8) is 0 Å². The topological polar surface area (TPSA) is 55.4 Å². The Morgan fingerprint density at radius 3 is 0.933 bits per heavy atom. The smallest absolute Gasteiger partial charge is 0.403 e. The number of hydrogen-bond acceptors (Lipinski definition) is 6. The maximum Gasteiger partial charge on any atom is 0.461 e. The zero-order chi connectivity index (χ0) is 22.2. The lowest BCUT2D eigenvalue weighted by atomic mass is 9.68. The maximum absolute atomic E-state index is 6.03. The highest BCUT2D eigenvalue weighted by molar-refractivity contribution is 6.47. The molecule has 4 saturated heterocycles. The molecule has 0 aromatic rings. The van der Waals surface area contributed by atoms with Gasteiger partial charge in [-0.05, 0) is 92.7 Å². The van der Waals surface area contributed by atoms with E-state index in [1.807, 2.05) is 0 Å². The van der Waals surface area contributed by atoms with Gasteiger partial charge in [0.25, 0.3) is 0 Å². The first kappa shape index (κ1) is 24.5. The minimum atomic E-state index is -0.198. The Labute approximate surface area is 184 Å². The van der Waals surface area contributed by atoms with Crippen LogP contribution in [0.25, 0.3) is 0 Å². The third-order valence-electron chi connectivity index (χ3n) is 7.84. The predicted molar refractivity (Wildman–Crippen MR) is 120 cm³/mol. The third-order valence-corrected chi connectivity index (χ3v) is 7.84. The van der Waals surface area contributed by atoms with Crippen molar-refractivity contribution in [3.05, 3.63) is 0 Å². The van der Waals surface area contributed by atoms with Gasteiger partial charge in [0.2, 0.25) is 0 Å². The van der Waals surface area contributed by atoms with Crippen LogP contribution in [0.5, 0.6) is 0 Å². The van der Waals surface area contributed by atoms with Crippen LogP contribution in [-0.2, 0) is 28.1 Å². The zero-order valence-corrected chi connectivity index (χ0v) is 20.4. The molecule has 4 rings (SSSR count). The van der Waals surface area contributed by atoms with Gasteiger partial charge in [0.05, 0.1) is 22.4 Å². The molecule has 0 atom stereocenters. The van der Waals surface area contributed by atoms with E-state index in [-0.39, 0.29) is 36.6 Å². The summed E-state index contributed by atoms with van der Waals surface area (Å²) in [5.41, 5.74) is -0.794. The van der Waals surface area contributed by atoms with E-state index < -0.39 is 0 Å². The minimum absolute atomic E-state index is 0.0427. The molecule has 8 heteroatoms. The van der Waals surface area contributed by atoms with Gasteiger partial charge in [-0.25, -0.2) is 0 Å². The van der Waals surface area contributed by atoms with E-state index in [1.54, 1.807) is 0 Å². The number of rotatable bonds is 2. The highest BCUT2D eigenvalue weighted by Crippen LogP contribution is 2.43. The Hall–Kier alpha value is -0.110. The van der Waals surface area contributed by atoms with Crippen molar-refractivity contribution in [2.45, 2.75) is 115 Å². The predicted octanol–water partition coefficient (Wildman–Crippen LogP) is 4.52. The molecule has 4 heterocycles. The summed E-state index contributed by atoms with van der Waals surface area (Å²) in [6.45, 7) is 20.2. The van der Waals surface area contributed by atoms with E-state index in [0.717, 1.165) is 52.1 Å². The molecular weight excluding hydrogens is 382 g/mol. The second kappa shape index (κ2) is 9.03. The molecular formula is C22H42B2O6. The molecule has 0 spiro atoms. The molecule has 0 aliphatic carbocycles. The van der Waals surface area contributed by atoms with Crippen LogP contribution in [-0.4, -0.2) is 63.1 Å². The molecule has 0 unspecified atom stereocenters. The van der Waals surface area contributed by atoms with Gasteiger partial charge in [0.1, 0.15) is 0 Å². The first-order valence-corrected chi connectivity index (χ1v) is 11.7. The average Bonchev–Trinajstić information content (AvgIpc) is 3.03. The van der Waals surface area contributed by atoms with Crippen LogP contribution >= 0.6 is 0 Å². The van der Waals surface area contributed by atoms with E-state index in [0.29, 0.717) is 11.6 Å². The lowest BCUT2D eigenvalue weighted by molar-refractivity contribution is 0.00578. The summed E-state index contributed by atoms with van der Waals surface area (Å²) in [6, 6.07) is 0. The Balaban J connectivity index is 0.000000171. The van der Waals surface area contributed by atoms with E-state index >= 15 is 0 Å². The molecule has 4 aliphatic heterocycles. The summed E-state index contributed by atoms with van der Waals surface area (Å²) in [7, 11) is -0.0854. The van der Waals surface area contributed by atoms with Crippen molar-refractivity contribution in [1.29, 1.82) is 0 Å². The van der Waals surface area contributed by atoms with Crippen molar-refractivity contribution < 1.29 is 28.1 Å². The normalized spacial score (nSPS) is 30.8. The van der Waals surface area contributed by atoms with Crippen molar-refractivity contribution >= 4 is 14.2 Å².